The lowest BCUT2D eigenvalue weighted by atomic mass is 10.2. The van der Waals surface area contributed by atoms with Crippen LogP contribution in [0.4, 0.5) is 8.78 Å². The molecule has 0 fully saturated rings. The Bertz CT molecular complexity index is 1020. The molecular weight excluding hydrogens is 370 g/mol. The lowest BCUT2D eigenvalue weighted by Crippen LogP contribution is -2.33. The number of carbonyl (C=O) groups excluding carboxylic acids is 2. The van der Waals surface area contributed by atoms with Gasteiger partial charge in [0.2, 0.25) is 5.91 Å². The van der Waals surface area contributed by atoms with Gasteiger partial charge in [-0.15, -0.1) is 0 Å². The van der Waals surface area contributed by atoms with Crippen LogP contribution in [-0.4, -0.2) is 28.1 Å². The number of hydrogen-bond donors (Lipinski definition) is 2. The minimum atomic E-state index is -0.731. The third-order valence-corrected chi connectivity index (χ3v) is 3.71. The average Bonchev–Trinajstić information content (AvgIpc) is 3.13. The van der Waals surface area contributed by atoms with Crippen molar-refractivity contribution in [1.82, 2.24) is 15.1 Å². The molecule has 2 aromatic carbocycles. The van der Waals surface area contributed by atoms with E-state index in [1.54, 1.807) is 24.3 Å². The number of nitrogens with one attached hydrogen (secondary N) is 1. The van der Waals surface area contributed by atoms with Crippen molar-refractivity contribution >= 4 is 11.8 Å². The van der Waals surface area contributed by atoms with Crippen LogP contribution in [0, 0.1) is 11.6 Å². The molecule has 0 saturated heterocycles. The standard InChI is InChI=1S/C19H16F2N4O3/c20-13-4-5-17(16(21)9-13)25-7-6-14(24-25)11-28-15-3-1-2-12(8-15)19(27)23-10-18(22)26/h1-9H,10-11H2,(H2,22,26)(H,23,27). The highest BCUT2D eigenvalue weighted by molar-refractivity contribution is 5.96. The number of primary amides is 1. The fraction of sp³-hybridized carbons (Fsp3) is 0.105. The van der Waals surface area contributed by atoms with Crippen molar-refractivity contribution in [2.75, 3.05) is 6.54 Å². The largest absolute Gasteiger partial charge is 0.487 e. The second kappa shape index (κ2) is 8.30. The van der Waals surface area contributed by atoms with Crippen molar-refractivity contribution in [1.29, 1.82) is 0 Å². The van der Waals surface area contributed by atoms with Crippen LogP contribution in [0.15, 0.2) is 54.7 Å². The van der Waals surface area contributed by atoms with E-state index < -0.39 is 23.4 Å². The lowest BCUT2D eigenvalue weighted by molar-refractivity contribution is -0.117. The van der Waals surface area contributed by atoms with Gasteiger partial charge in [-0.1, -0.05) is 6.07 Å². The number of amides is 2. The molecule has 9 heteroatoms. The first-order chi connectivity index (χ1) is 13.4. The second-order valence-electron chi connectivity index (χ2n) is 5.81. The molecule has 3 rings (SSSR count). The Labute approximate surface area is 158 Å². The summed E-state index contributed by atoms with van der Waals surface area (Å²) >= 11 is 0. The number of carbonyl (C=O) groups is 2. The summed E-state index contributed by atoms with van der Waals surface area (Å²) in [6.45, 7) is -0.191. The van der Waals surface area contributed by atoms with E-state index in [4.69, 9.17) is 10.5 Å². The molecule has 0 saturated carbocycles. The molecule has 3 aromatic rings. The van der Waals surface area contributed by atoms with Gasteiger partial charge in [0, 0.05) is 17.8 Å². The van der Waals surface area contributed by atoms with Crippen molar-refractivity contribution in [3.8, 4) is 11.4 Å². The van der Waals surface area contributed by atoms with Gasteiger partial charge in [-0.3, -0.25) is 9.59 Å². The number of nitrogens with two attached hydrogens (primary N) is 1. The van der Waals surface area contributed by atoms with Crippen molar-refractivity contribution < 1.29 is 23.1 Å². The Morgan fingerprint density at radius 1 is 1.14 bits per heavy atom. The highest BCUT2D eigenvalue weighted by atomic mass is 19.1. The lowest BCUT2D eigenvalue weighted by Gasteiger charge is -2.07. The summed E-state index contributed by atoms with van der Waals surface area (Å²) in [6.07, 6.45) is 1.53. The molecule has 144 valence electrons. The van der Waals surface area contributed by atoms with Crippen LogP contribution < -0.4 is 15.8 Å². The van der Waals surface area contributed by atoms with Crippen LogP contribution in [0.2, 0.25) is 0 Å². The van der Waals surface area contributed by atoms with E-state index in [1.807, 2.05) is 0 Å². The van der Waals surface area contributed by atoms with E-state index in [2.05, 4.69) is 10.4 Å². The number of benzene rings is 2. The maximum Gasteiger partial charge on any atom is 0.251 e. The summed E-state index contributed by atoms with van der Waals surface area (Å²) in [4.78, 5) is 22.7. The van der Waals surface area contributed by atoms with E-state index in [0.29, 0.717) is 17.0 Å². The number of ether oxygens (including phenoxy) is 1. The molecular formula is C19H16F2N4O3. The molecule has 0 aliphatic heterocycles. The normalized spacial score (nSPS) is 10.5. The van der Waals surface area contributed by atoms with E-state index in [0.717, 1.165) is 12.1 Å². The fourth-order valence-electron chi connectivity index (χ4n) is 2.39. The zero-order valence-electron chi connectivity index (χ0n) is 14.6. The van der Waals surface area contributed by atoms with Crippen molar-refractivity contribution in [2.45, 2.75) is 6.61 Å². The van der Waals surface area contributed by atoms with Gasteiger partial charge in [0.1, 0.15) is 29.6 Å². The fourth-order valence-corrected chi connectivity index (χ4v) is 2.39. The number of halogens is 2. The van der Waals surface area contributed by atoms with E-state index >= 15 is 0 Å². The van der Waals surface area contributed by atoms with Gasteiger partial charge in [-0.25, -0.2) is 13.5 Å². The van der Waals surface area contributed by atoms with E-state index in [-0.39, 0.29) is 18.8 Å². The molecule has 0 radical (unpaired) electrons. The van der Waals surface area contributed by atoms with Crippen LogP contribution in [0.25, 0.3) is 5.69 Å². The third-order valence-electron chi connectivity index (χ3n) is 3.71. The molecule has 1 heterocycles. The van der Waals surface area contributed by atoms with Gasteiger partial charge in [-0.05, 0) is 36.4 Å². The highest BCUT2D eigenvalue weighted by Gasteiger charge is 2.10. The topological polar surface area (TPSA) is 99.2 Å². The molecule has 0 atom stereocenters. The average molecular weight is 386 g/mol. The zero-order valence-corrected chi connectivity index (χ0v) is 14.6. The summed E-state index contributed by atoms with van der Waals surface area (Å²) in [7, 11) is 0. The summed E-state index contributed by atoms with van der Waals surface area (Å²) in [5.41, 5.74) is 5.91. The summed E-state index contributed by atoms with van der Waals surface area (Å²) in [6, 6.07) is 11.2. The molecule has 7 nitrogen and oxygen atoms in total. The molecule has 0 aliphatic carbocycles. The van der Waals surface area contributed by atoms with Crippen LogP contribution >= 0.6 is 0 Å². The van der Waals surface area contributed by atoms with Gasteiger partial charge < -0.3 is 15.8 Å². The molecule has 0 aliphatic rings. The quantitative estimate of drug-likeness (QED) is 0.648. The first-order valence-corrected chi connectivity index (χ1v) is 8.22. The molecule has 0 unspecified atom stereocenters. The molecule has 0 spiro atoms. The smallest absolute Gasteiger partial charge is 0.251 e. The SMILES string of the molecule is NC(=O)CNC(=O)c1cccc(OCc2ccn(-c3ccc(F)cc3F)n2)c1. The number of aromatic nitrogens is 2. The van der Waals surface area contributed by atoms with Crippen LogP contribution in [0.1, 0.15) is 16.1 Å². The first kappa shape index (κ1) is 19.0. The van der Waals surface area contributed by atoms with Gasteiger partial charge >= 0.3 is 0 Å². The van der Waals surface area contributed by atoms with Gasteiger partial charge in [0.15, 0.2) is 5.82 Å². The Hall–Kier alpha value is -3.75. The van der Waals surface area contributed by atoms with Gasteiger partial charge in [-0.2, -0.15) is 5.10 Å². The molecule has 3 N–H and O–H groups in total. The Morgan fingerprint density at radius 3 is 2.71 bits per heavy atom. The predicted octanol–water partition coefficient (Wildman–Crippen LogP) is 1.94. The number of rotatable bonds is 7. The Kier molecular flexibility index (Phi) is 5.64. The second-order valence-corrected chi connectivity index (χ2v) is 5.81. The van der Waals surface area contributed by atoms with E-state index in [1.165, 1.54) is 23.0 Å². The Balaban J connectivity index is 1.65. The molecule has 28 heavy (non-hydrogen) atoms. The van der Waals surface area contributed by atoms with Gasteiger partial charge in [0.25, 0.3) is 5.91 Å². The third kappa shape index (κ3) is 4.70. The van der Waals surface area contributed by atoms with Crippen LogP contribution in [0.5, 0.6) is 5.75 Å². The highest BCUT2D eigenvalue weighted by Crippen LogP contribution is 2.17. The summed E-state index contributed by atoms with van der Waals surface area (Å²) in [5.74, 6) is -2.09. The summed E-state index contributed by atoms with van der Waals surface area (Å²) < 4.78 is 33.7. The van der Waals surface area contributed by atoms with E-state index in [9.17, 15) is 18.4 Å². The monoisotopic (exact) mass is 386 g/mol. The van der Waals surface area contributed by atoms with Crippen molar-refractivity contribution in [3.63, 3.8) is 0 Å². The number of hydrogen-bond acceptors (Lipinski definition) is 4. The number of nitrogens with zero attached hydrogens (tertiary/aromatic N) is 2. The molecule has 1 aromatic heterocycles. The first-order valence-electron chi connectivity index (χ1n) is 8.22. The van der Waals surface area contributed by atoms with Crippen LogP contribution in [-0.2, 0) is 11.4 Å². The van der Waals surface area contributed by atoms with Gasteiger partial charge in [0.05, 0.1) is 6.54 Å². The maximum atomic E-state index is 13.8. The van der Waals surface area contributed by atoms with Crippen molar-refractivity contribution in [3.05, 3.63) is 77.6 Å². The summed E-state index contributed by atoms with van der Waals surface area (Å²) in [5, 5.41) is 6.57. The molecule has 2 amide bonds. The maximum absolute atomic E-state index is 13.8. The predicted molar refractivity (Wildman–Crippen MR) is 95.8 cm³/mol. The van der Waals surface area contributed by atoms with Crippen molar-refractivity contribution in [2.24, 2.45) is 5.73 Å². The Morgan fingerprint density at radius 2 is 1.96 bits per heavy atom. The zero-order chi connectivity index (χ0) is 20.1. The molecule has 0 bridgehead atoms. The van der Waals surface area contributed by atoms with Crippen LogP contribution in [0.3, 0.4) is 0 Å². The minimum absolute atomic E-state index is 0.0716. The minimum Gasteiger partial charge on any atom is -0.487 e.